The van der Waals surface area contributed by atoms with Crippen molar-refractivity contribution in [1.82, 2.24) is 4.98 Å². The van der Waals surface area contributed by atoms with Gasteiger partial charge in [0, 0.05) is 17.1 Å². The highest BCUT2D eigenvalue weighted by Gasteiger charge is 2.12. The van der Waals surface area contributed by atoms with Gasteiger partial charge >= 0.3 is 0 Å². The van der Waals surface area contributed by atoms with Gasteiger partial charge in [-0.1, -0.05) is 13.8 Å². The standard InChI is InChI=1S/C14H19NO/c1-4-10(5-2)13-9-15-14-7-6-11(16-3)8-12(13)14/h6-10,15H,4-5H2,1-3H3. The molecule has 0 amide bonds. The molecule has 2 rings (SSSR count). The molecule has 0 aliphatic carbocycles. The number of fused-ring (bicyclic) bond motifs is 1. The molecular weight excluding hydrogens is 198 g/mol. The van der Waals surface area contributed by atoms with Crippen molar-refractivity contribution in [2.45, 2.75) is 32.6 Å². The fourth-order valence-corrected chi connectivity index (χ4v) is 2.31. The van der Waals surface area contributed by atoms with Crippen LogP contribution in [0.4, 0.5) is 0 Å². The minimum Gasteiger partial charge on any atom is -0.497 e. The lowest BCUT2D eigenvalue weighted by Crippen LogP contribution is -1.93. The predicted molar refractivity (Wildman–Crippen MR) is 68.2 cm³/mol. The molecule has 16 heavy (non-hydrogen) atoms. The number of hydrogen-bond donors (Lipinski definition) is 1. The number of H-pyrrole nitrogens is 1. The minimum atomic E-state index is 0.640. The third kappa shape index (κ3) is 1.80. The SMILES string of the molecule is CCC(CC)c1c[nH]c2ccc(OC)cc12. The second kappa shape index (κ2) is 4.60. The first-order chi connectivity index (χ1) is 7.80. The van der Waals surface area contributed by atoms with Crippen molar-refractivity contribution >= 4 is 10.9 Å². The Morgan fingerprint density at radius 1 is 1.25 bits per heavy atom. The van der Waals surface area contributed by atoms with Gasteiger partial charge in [0.25, 0.3) is 0 Å². The Bertz CT molecular complexity index is 469. The van der Waals surface area contributed by atoms with Gasteiger partial charge in [-0.05, 0) is 42.5 Å². The van der Waals surface area contributed by atoms with Gasteiger partial charge in [-0.3, -0.25) is 0 Å². The van der Waals surface area contributed by atoms with E-state index in [1.54, 1.807) is 7.11 Å². The Balaban J connectivity index is 2.52. The second-order valence-corrected chi connectivity index (χ2v) is 4.17. The number of methoxy groups -OCH3 is 1. The molecule has 0 saturated carbocycles. The van der Waals surface area contributed by atoms with E-state index in [-0.39, 0.29) is 0 Å². The van der Waals surface area contributed by atoms with Crippen LogP contribution in [0.3, 0.4) is 0 Å². The maximum atomic E-state index is 5.28. The van der Waals surface area contributed by atoms with E-state index in [1.165, 1.54) is 29.3 Å². The Labute approximate surface area is 96.6 Å². The summed E-state index contributed by atoms with van der Waals surface area (Å²) in [6, 6.07) is 6.20. The molecule has 1 aromatic carbocycles. The summed E-state index contributed by atoms with van der Waals surface area (Å²) in [6.07, 6.45) is 4.50. The first kappa shape index (κ1) is 11.1. The third-order valence-electron chi connectivity index (χ3n) is 3.35. The smallest absolute Gasteiger partial charge is 0.119 e. The summed E-state index contributed by atoms with van der Waals surface area (Å²) >= 11 is 0. The average Bonchev–Trinajstić information content (AvgIpc) is 2.74. The van der Waals surface area contributed by atoms with Crippen LogP contribution in [0.2, 0.25) is 0 Å². The number of rotatable bonds is 4. The van der Waals surface area contributed by atoms with E-state index in [0.29, 0.717) is 5.92 Å². The molecule has 1 aromatic heterocycles. The van der Waals surface area contributed by atoms with Crippen LogP contribution >= 0.6 is 0 Å². The average molecular weight is 217 g/mol. The van der Waals surface area contributed by atoms with E-state index >= 15 is 0 Å². The monoisotopic (exact) mass is 217 g/mol. The van der Waals surface area contributed by atoms with Crippen molar-refractivity contribution in [3.05, 3.63) is 30.0 Å². The van der Waals surface area contributed by atoms with Gasteiger partial charge in [0.2, 0.25) is 0 Å². The molecule has 0 aliphatic heterocycles. The van der Waals surface area contributed by atoms with Crippen LogP contribution in [0.15, 0.2) is 24.4 Å². The Kier molecular flexibility index (Phi) is 3.18. The van der Waals surface area contributed by atoms with E-state index in [2.05, 4.69) is 37.2 Å². The number of aromatic amines is 1. The van der Waals surface area contributed by atoms with Crippen molar-refractivity contribution < 1.29 is 4.74 Å². The van der Waals surface area contributed by atoms with Gasteiger partial charge < -0.3 is 9.72 Å². The van der Waals surface area contributed by atoms with Gasteiger partial charge in [0.15, 0.2) is 0 Å². The molecule has 0 fully saturated rings. The largest absolute Gasteiger partial charge is 0.497 e. The lowest BCUT2D eigenvalue weighted by molar-refractivity contribution is 0.415. The van der Waals surface area contributed by atoms with Crippen LogP contribution in [0.5, 0.6) is 5.75 Å². The molecule has 0 atom stereocenters. The molecule has 0 unspecified atom stereocenters. The first-order valence-corrected chi connectivity index (χ1v) is 5.95. The topological polar surface area (TPSA) is 25.0 Å². The Morgan fingerprint density at radius 2 is 2.00 bits per heavy atom. The maximum absolute atomic E-state index is 5.28. The molecule has 0 radical (unpaired) electrons. The molecule has 1 N–H and O–H groups in total. The Morgan fingerprint density at radius 3 is 2.62 bits per heavy atom. The molecule has 0 saturated heterocycles. The van der Waals surface area contributed by atoms with Gasteiger partial charge in [-0.25, -0.2) is 0 Å². The predicted octanol–water partition coefficient (Wildman–Crippen LogP) is 4.08. The van der Waals surface area contributed by atoms with Crippen LogP contribution < -0.4 is 4.74 Å². The number of aromatic nitrogens is 1. The molecule has 86 valence electrons. The van der Waals surface area contributed by atoms with Gasteiger partial charge in [-0.2, -0.15) is 0 Å². The van der Waals surface area contributed by atoms with E-state index in [0.717, 1.165) is 5.75 Å². The molecule has 0 spiro atoms. The second-order valence-electron chi connectivity index (χ2n) is 4.17. The number of benzene rings is 1. The highest BCUT2D eigenvalue weighted by Crippen LogP contribution is 2.31. The zero-order valence-electron chi connectivity index (χ0n) is 10.2. The molecule has 1 heterocycles. The summed E-state index contributed by atoms with van der Waals surface area (Å²) in [5, 5.41) is 1.30. The van der Waals surface area contributed by atoms with Crippen LogP contribution in [-0.4, -0.2) is 12.1 Å². The summed E-state index contributed by atoms with van der Waals surface area (Å²) in [5.41, 5.74) is 2.61. The van der Waals surface area contributed by atoms with E-state index in [4.69, 9.17) is 4.74 Å². The lowest BCUT2D eigenvalue weighted by Gasteiger charge is -2.11. The van der Waals surface area contributed by atoms with Gasteiger partial charge in [0.1, 0.15) is 5.75 Å². The van der Waals surface area contributed by atoms with Crippen molar-refractivity contribution in [2.75, 3.05) is 7.11 Å². The summed E-state index contributed by atoms with van der Waals surface area (Å²) in [4.78, 5) is 3.33. The van der Waals surface area contributed by atoms with Crippen molar-refractivity contribution in [3.8, 4) is 5.75 Å². The Hall–Kier alpha value is -1.44. The third-order valence-corrected chi connectivity index (χ3v) is 3.35. The van der Waals surface area contributed by atoms with Crippen molar-refractivity contribution in [1.29, 1.82) is 0 Å². The molecule has 2 heteroatoms. The molecule has 0 bridgehead atoms. The molecule has 0 aliphatic rings. The molecule has 2 aromatic rings. The number of hydrogen-bond acceptors (Lipinski definition) is 1. The van der Waals surface area contributed by atoms with E-state index in [9.17, 15) is 0 Å². The summed E-state index contributed by atoms with van der Waals surface area (Å²) < 4.78 is 5.28. The van der Waals surface area contributed by atoms with Crippen LogP contribution in [0, 0.1) is 0 Å². The fraction of sp³-hybridized carbons (Fsp3) is 0.429. The van der Waals surface area contributed by atoms with Crippen LogP contribution in [0.1, 0.15) is 38.2 Å². The first-order valence-electron chi connectivity index (χ1n) is 5.95. The summed E-state index contributed by atoms with van der Waals surface area (Å²) in [7, 11) is 1.71. The van der Waals surface area contributed by atoms with E-state index < -0.39 is 0 Å². The van der Waals surface area contributed by atoms with Crippen molar-refractivity contribution in [2.24, 2.45) is 0 Å². The van der Waals surface area contributed by atoms with Gasteiger partial charge in [0.05, 0.1) is 7.11 Å². The summed E-state index contributed by atoms with van der Waals surface area (Å²) in [5.74, 6) is 1.57. The van der Waals surface area contributed by atoms with E-state index in [1.807, 2.05) is 6.07 Å². The number of nitrogens with one attached hydrogen (secondary N) is 1. The zero-order chi connectivity index (χ0) is 11.5. The normalized spacial score (nSPS) is 11.2. The highest BCUT2D eigenvalue weighted by molar-refractivity contribution is 5.85. The highest BCUT2D eigenvalue weighted by atomic mass is 16.5. The minimum absolute atomic E-state index is 0.640. The molecule has 2 nitrogen and oxygen atoms in total. The fourth-order valence-electron chi connectivity index (χ4n) is 2.31. The lowest BCUT2D eigenvalue weighted by atomic mass is 9.94. The maximum Gasteiger partial charge on any atom is 0.119 e. The molecular formula is C14H19NO. The zero-order valence-corrected chi connectivity index (χ0v) is 10.2. The number of ether oxygens (including phenoxy) is 1. The quantitative estimate of drug-likeness (QED) is 0.820. The van der Waals surface area contributed by atoms with Crippen LogP contribution in [0.25, 0.3) is 10.9 Å². The van der Waals surface area contributed by atoms with Crippen LogP contribution in [-0.2, 0) is 0 Å². The van der Waals surface area contributed by atoms with Crippen molar-refractivity contribution in [3.63, 3.8) is 0 Å². The van der Waals surface area contributed by atoms with Gasteiger partial charge in [-0.15, -0.1) is 0 Å². The summed E-state index contributed by atoms with van der Waals surface area (Å²) in [6.45, 7) is 4.49.